The average Bonchev–Trinajstić information content (AvgIpc) is 3.02. The van der Waals surface area contributed by atoms with E-state index in [1.165, 1.54) is 18.1 Å². The van der Waals surface area contributed by atoms with Gasteiger partial charge in [-0.1, -0.05) is 0 Å². The normalized spacial score (nSPS) is 18.4. The van der Waals surface area contributed by atoms with Crippen molar-refractivity contribution < 1.29 is 27.9 Å². The van der Waals surface area contributed by atoms with E-state index in [1.807, 2.05) is 0 Å². The van der Waals surface area contributed by atoms with Crippen LogP contribution in [0.2, 0.25) is 0 Å². The van der Waals surface area contributed by atoms with E-state index in [9.17, 15) is 22.8 Å². The number of carboxylic acid groups (broad SMARTS) is 1. The number of rotatable bonds is 5. The molecule has 1 aliphatic rings. The summed E-state index contributed by atoms with van der Waals surface area (Å²) in [6.07, 6.45) is -2.55. The van der Waals surface area contributed by atoms with Crippen molar-refractivity contribution >= 4 is 11.9 Å². The first-order valence-corrected chi connectivity index (χ1v) is 7.26. The van der Waals surface area contributed by atoms with Crippen molar-refractivity contribution in [3.8, 4) is 0 Å². The fourth-order valence-corrected chi connectivity index (χ4v) is 2.80. The summed E-state index contributed by atoms with van der Waals surface area (Å²) in [4.78, 5) is 24.2. The molecule has 1 aromatic rings. The van der Waals surface area contributed by atoms with Crippen LogP contribution in [-0.2, 0) is 29.2 Å². The summed E-state index contributed by atoms with van der Waals surface area (Å²) in [5, 5.41) is 12.0. The third-order valence-corrected chi connectivity index (χ3v) is 3.92. The SMILES string of the molecule is Cn1cc(CC(=O)N2CCC(CCC(=O)O)C2)c(C(F)(F)F)n1. The summed E-state index contributed by atoms with van der Waals surface area (Å²) in [5.74, 6) is -1.19. The smallest absolute Gasteiger partial charge is 0.435 e. The van der Waals surface area contributed by atoms with Crippen LogP contribution < -0.4 is 0 Å². The number of hydrogen-bond donors (Lipinski definition) is 1. The van der Waals surface area contributed by atoms with Gasteiger partial charge in [0.05, 0.1) is 6.42 Å². The van der Waals surface area contributed by atoms with E-state index >= 15 is 0 Å². The van der Waals surface area contributed by atoms with Crippen molar-refractivity contribution in [3.63, 3.8) is 0 Å². The van der Waals surface area contributed by atoms with Crippen molar-refractivity contribution in [2.24, 2.45) is 13.0 Å². The molecule has 1 aromatic heterocycles. The molecule has 23 heavy (non-hydrogen) atoms. The van der Waals surface area contributed by atoms with Gasteiger partial charge in [0.1, 0.15) is 0 Å². The Morgan fingerprint density at radius 3 is 2.74 bits per heavy atom. The molecule has 1 amide bonds. The first-order chi connectivity index (χ1) is 10.7. The molecule has 1 atom stereocenters. The summed E-state index contributed by atoms with van der Waals surface area (Å²) in [7, 11) is 1.38. The monoisotopic (exact) mass is 333 g/mol. The van der Waals surface area contributed by atoms with Crippen molar-refractivity contribution in [2.75, 3.05) is 13.1 Å². The second kappa shape index (κ2) is 6.59. The minimum absolute atomic E-state index is 0.0352. The second-order valence-corrected chi connectivity index (χ2v) is 5.78. The van der Waals surface area contributed by atoms with Gasteiger partial charge in [0, 0.05) is 38.3 Å². The van der Waals surface area contributed by atoms with Crippen LogP contribution in [-0.4, -0.2) is 44.8 Å². The van der Waals surface area contributed by atoms with Gasteiger partial charge in [-0.25, -0.2) is 0 Å². The molecule has 1 aliphatic heterocycles. The number of aryl methyl sites for hydroxylation is 1. The van der Waals surface area contributed by atoms with Crippen molar-refractivity contribution in [3.05, 3.63) is 17.5 Å². The predicted octanol–water partition coefficient (Wildman–Crippen LogP) is 1.69. The molecule has 1 saturated heterocycles. The number of alkyl halides is 3. The number of halogens is 3. The molecule has 1 N–H and O–H groups in total. The van der Waals surface area contributed by atoms with E-state index in [4.69, 9.17) is 5.11 Å². The maximum Gasteiger partial charge on any atom is 0.435 e. The number of aliphatic carboxylic acids is 1. The highest BCUT2D eigenvalue weighted by Crippen LogP contribution is 2.31. The third-order valence-electron chi connectivity index (χ3n) is 3.92. The zero-order valence-electron chi connectivity index (χ0n) is 12.6. The van der Waals surface area contributed by atoms with Gasteiger partial charge >= 0.3 is 12.1 Å². The Labute approximate surface area is 130 Å². The standard InChI is InChI=1S/C14H18F3N3O3/c1-19-8-10(13(18-19)14(15,16)17)6-11(21)20-5-4-9(7-20)2-3-12(22)23/h8-9H,2-7H2,1H3,(H,22,23). The highest BCUT2D eigenvalue weighted by molar-refractivity contribution is 5.79. The van der Waals surface area contributed by atoms with Crippen LogP contribution >= 0.6 is 0 Å². The Morgan fingerprint density at radius 2 is 2.13 bits per heavy atom. The molecule has 128 valence electrons. The molecule has 0 spiro atoms. The minimum atomic E-state index is -4.59. The molecule has 0 radical (unpaired) electrons. The number of amides is 1. The van der Waals surface area contributed by atoms with Gasteiger partial charge in [-0.15, -0.1) is 0 Å². The molecule has 0 bridgehead atoms. The van der Waals surface area contributed by atoms with Gasteiger partial charge in [-0.2, -0.15) is 18.3 Å². The number of nitrogens with zero attached hydrogens (tertiary/aromatic N) is 3. The van der Waals surface area contributed by atoms with Gasteiger partial charge in [0.2, 0.25) is 5.91 Å². The first kappa shape index (κ1) is 17.3. The lowest BCUT2D eigenvalue weighted by molar-refractivity contribution is -0.142. The quantitative estimate of drug-likeness (QED) is 0.890. The first-order valence-electron chi connectivity index (χ1n) is 7.26. The van der Waals surface area contributed by atoms with E-state index < -0.39 is 17.8 Å². The van der Waals surface area contributed by atoms with Crippen LogP contribution in [0.1, 0.15) is 30.5 Å². The van der Waals surface area contributed by atoms with Crippen LogP contribution in [0.4, 0.5) is 13.2 Å². The van der Waals surface area contributed by atoms with Gasteiger partial charge in [-0.05, 0) is 18.8 Å². The van der Waals surface area contributed by atoms with E-state index in [0.29, 0.717) is 25.9 Å². The number of carbonyl (C=O) groups is 2. The average molecular weight is 333 g/mol. The largest absolute Gasteiger partial charge is 0.481 e. The fraction of sp³-hybridized carbons (Fsp3) is 0.643. The lowest BCUT2D eigenvalue weighted by Gasteiger charge is -2.16. The van der Waals surface area contributed by atoms with E-state index in [2.05, 4.69) is 5.10 Å². The molecule has 2 rings (SSSR count). The Bertz CT molecular complexity index is 598. The number of aromatic nitrogens is 2. The topological polar surface area (TPSA) is 75.4 Å². The zero-order chi connectivity index (χ0) is 17.2. The molecule has 2 heterocycles. The van der Waals surface area contributed by atoms with Gasteiger partial charge in [0.15, 0.2) is 5.69 Å². The fourth-order valence-electron chi connectivity index (χ4n) is 2.80. The van der Waals surface area contributed by atoms with Crippen LogP contribution in [0.25, 0.3) is 0 Å². The number of carboxylic acids is 1. The molecule has 1 unspecified atom stereocenters. The summed E-state index contributed by atoms with van der Waals surface area (Å²) in [5.41, 5.74) is -1.17. The van der Waals surface area contributed by atoms with E-state index in [0.717, 1.165) is 4.68 Å². The highest BCUT2D eigenvalue weighted by Gasteiger charge is 2.38. The summed E-state index contributed by atoms with van der Waals surface area (Å²) >= 11 is 0. The Morgan fingerprint density at radius 1 is 1.43 bits per heavy atom. The number of likely N-dealkylation sites (tertiary alicyclic amines) is 1. The van der Waals surface area contributed by atoms with Crippen molar-refractivity contribution in [1.82, 2.24) is 14.7 Å². The zero-order valence-corrected chi connectivity index (χ0v) is 12.6. The number of carbonyl (C=O) groups excluding carboxylic acids is 1. The van der Waals surface area contributed by atoms with Gasteiger partial charge in [0.25, 0.3) is 0 Å². The van der Waals surface area contributed by atoms with Crippen LogP contribution in [0, 0.1) is 5.92 Å². The lowest BCUT2D eigenvalue weighted by Crippen LogP contribution is -2.30. The summed E-state index contributed by atoms with van der Waals surface area (Å²) in [6, 6.07) is 0. The number of hydrogen-bond acceptors (Lipinski definition) is 3. The molecule has 1 fully saturated rings. The predicted molar refractivity (Wildman–Crippen MR) is 73.5 cm³/mol. The molecule has 0 aliphatic carbocycles. The highest BCUT2D eigenvalue weighted by atomic mass is 19.4. The Hall–Kier alpha value is -2.06. The maximum absolute atomic E-state index is 12.9. The lowest BCUT2D eigenvalue weighted by atomic mass is 10.0. The van der Waals surface area contributed by atoms with Crippen LogP contribution in [0.3, 0.4) is 0 Å². The summed E-state index contributed by atoms with van der Waals surface area (Å²) in [6.45, 7) is 0.846. The Balaban J connectivity index is 1.97. The molecule has 0 aromatic carbocycles. The molecular weight excluding hydrogens is 315 g/mol. The third kappa shape index (κ3) is 4.46. The van der Waals surface area contributed by atoms with Crippen molar-refractivity contribution in [1.29, 1.82) is 0 Å². The van der Waals surface area contributed by atoms with Gasteiger partial charge in [-0.3, -0.25) is 14.3 Å². The summed E-state index contributed by atoms with van der Waals surface area (Å²) < 4.78 is 39.7. The van der Waals surface area contributed by atoms with Crippen molar-refractivity contribution in [2.45, 2.75) is 31.9 Å². The van der Waals surface area contributed by atoms with Crippen LogP contribution in [0.15, 0.2) is 6.20 Å². The van der Waals surface area contributed by atoms with E-state index in [1.54, 1.807) is 0 Å². The molecular formula is C14H18F3N3O3. The molecule has 0 saturated carbocycles. The van der Waals surface area contributed by atoms with Crippen LogP contribution in [0.5, 0.6) is 0 Å². The maximum atomic E-state index is 12.9. The molecule has 9 heteroatoms. The van der Waals surface area contributed by atoms with Gasteiger partial charge < -0.3 is 10.0 Å². The minimum Gasteiger partial charge on any atom is -0.481 e. The Kier molecular flexibility index (Phi) is 4.96. The molecule has 6 nitrogen and oxygen atoms in total. The van der Waals surface area contributed by atoms with E-state index in [-0.39, 0.29) is 30.2 Å². The second-order valence-electron chi connectivity index (χ2n) is 5.78.